The predicted octanol–water partition coefficient (Wildman–Crippen LogP) is 5.26. The molecule has 0 aliphatic carbocycles. The Labute approximate surface area is 357 Å². The van der Waals surface area contributed by atoms with Gasteiger partial charge in [0, 0.05) is 71.7 Å². The summed E-state index contributed by atoms with van der Waals surface area (Å²) in [6, 6.07) is 4.84. The number of alkyl carbamates (subject to hydrolysis) is 1. The maximum absolute atomic E-state index is 14.3. The van der Waals surface area contributed by atoms with Crippen LogP contribution in [-0.2, 0) is 20.7 Å². The third-order valence-electron chi connectivity index (χ3n) is 10.6. The number of aromatic nitrogens is 1. The highest BCUT2D eigenvalue weighted by atomic mass is 127. The van der Waals surface area contributed by atoms with Crippen LogP contribution in [0.3, 0.4) is 0 Å². The zero-order valence-electron chi connectivity index (χ0n) is 33.2. The fourth-order valence-corrected chi connectivity index (χ4v) is 8.59. The first-order valence-electron chi connectivity index (χ1n) is 19.4. The van der Waals surface area contributed by atoms with Crippen molar-refractivity contribution >= 4 is 68.5 Å². The Morgan fingerprint density at radius 2 is 1.68 bits per heavy atom. The third-order valence-corrected chi connectivity index (χ3v) is 12.0. The first-order valence-corrected chi connectivity index (χ1v) is 21.3. The highest BCUT2D eigenvalue weighted by Crippen LogP contribution is 2.31. The molecule has 2 aliphatic rings. The number of piperidine rings is 2. The molecule has 1 aromatic heterocycles. The molecule has 17 heteroatoms. The van der Waals surface area contributed by atoms with Gasteiger partial charge in [0.1, 0.15) is 23.4 Å². The normalized spacial score (nSPS) is 16.2. The van der Waals surface area contributed by atoms with E-state index in [0.29, 0.717) is 84.4 Å². The highest BCUT2D eigenvalue weighted by molar-refractivity contribution is 14.1. The second kappa shape index (κ2) is 21.6. The van der Waals surface area contributed by atoms with Crippen molar-refractivity contribution in [3.8, 4) is 5.75 Å². The number of benzene rings is 1. The van der Waals surface area contributed by atoms with Gasteiger partial charge in [0.15, 0.2) is 0 Å². The molecule has 0 spiro atoms. The van der Waals surface area contributed by atoms with Crippen molar-refractivity contribution in [2.24, 2.45) is 0 Å². The van der Waals surface area contributed by atoms with Crippen LogP contribution < -0.4 is 21.3 Å². The molecule has 0 radical (unpaired) electrons. The van der Waals surface area contributed by atoms with E-state index in [1.165, 1.54) is 5.56 Å². The van der Waals surface area contributed by atoms with Gasteiger partial charge in [-0.3, -0.25) is 14.6 Å². The number of phenolic OH excluding ortho intramolecular Hbond substituents is 1. The average molecular weight is 968 g/mol. The summed E-state index contributed by atoms with van der Waals surface area (Å²) < 4.78 is 6.38. The summed E-state index contributed by atoms with van der Waals surface area (Å²) in [4.78, 5) is 75.9. The van der Waals surface area contributed by atoms with E-state index in [4.69, 9.17) is 4.74 Å². The van der Waals surface area contributed by atoms with Crippen LogP contribution in [0.25, 0.3) is 0 Å². The van der Waals surface area contributed by atoms with E-state index in [9.17, 15) is 29.1 Å². The minimum atomic E-state index is -1.06. The average Bonchev–Trinajstić information content (AvgIpc) is 3.21. The number of unbranched alkanes of at least 4 members (excludes halogenated alkanes) is 1. The van der Waals surface area contributed by atoms with Crippen LogP contribution >= 0.6 is 38.5 Å². The molecule has 3 heterocycles. The van der Waals surface area contributed by atoms with Gasteiger partial charge in [0.05, 0.1) is 8.04 Å². The lowest BCUT2D eigenvalue weighted by atomic mass is 9.89. The monoisotopic (exact) mass is 966 g/mol. The van der Waals surface area contributed by atoms with E-state index < -0.39 is 35.7 Å². The number of carbonyl (C=O) groups is 5. The molecule has 2 atom stereocenters. The molecule has 4 rings (SSSR count). The van der Waals surface area contributed by atoms with Crippen molar-refractivity contribution < 1.29 is 33.8 Å². The number of urea groups is 2. The Balaban J connectivity index is 1.49. The van der Waals surface area contributed by atoms with Gasteiger partial charge in [0.25, 0.3) is 0 Å². The molecular weight excluding hydrogens is 911 g/mol. The fraction of sp³-hybridized carbons (Fsp3) is 0.550. The van der Waals surface area contributed by atoms with Crippen LogP contribution in [0, 0.1) is 3.57 Å². The van der Waals surface area contributed by atoms with Gasteiger partial charge in [-0.25, -0.2) is 14.4 Å². The number of pyridine rings is 1. The largest absolute Gasteiger partial charge is 0.506 e. The summed E-state index contributed by atoms with van der Waals surface area (Å²) in [5.74, 6) is -0.357. The maximum atomic E-state index is 14.3. The summed E-state index contributed by atoms with van der Waals surface area (Å²) in [5.41, 5.74) is 1.05. The molecule has 57 heavy (non-hydrogen) atoms. The Morgan fingerprint density at radius 1 is 1.04 bits per heavy atom. The molecule has 7 amide bonds. The number of likely N-dealkylation sites (tertiary alicyclic amines) is 2. The Bertz CT molecular complexity index is 1700. The first-order chi connectivity index (χ1) is 27.1. The Kier molecular flexibility index (Phi) is 17.3. The van der Waals surface area contributed by atoms with Crippen molar-refractivity contribution in [3.63, 3.8) is 0 Å². The van der Waals surface area contributed by atoms with E-state index in [2.05, 4.69) is 48.8 Å². The summed E-state index contributed by atoms with van der Waals surface area (Å²) in [6.45, 7) is 9.27. The SMILES string of the molecule is C=CC(C)(C)OC(=O)NCCCCC(NC(=O)[C@@H](Cc1cc(Br)c(O)c(I)c1)NC(=O)N1CCC(N(C)C(=O)NC)CC1)C(=O)N1CCC(c2ccncc2)CC1. The number of phenols is 1. The predicted molar refractivity (Wildman–Crippen MR) is 229 cm³/mol. The molecule has 2 aromatic rings. The van der Waals surface area contributed by atoms with Crippen LogP contribution in [0.2, 0.25) is 0 Å². The quantitative estimate of drug-likeness (QED) is 0.0910. The standard InChI is InChI=1S/C40H56BrIN8O7/c1-6-40(2,3)57-39(56)45-16-8-7-9-32(36(53)49-19-12-28(13-20-49)27-10-17-44-18-11-27)46-35(52)33(25-26-23-30(41)34(51)31(42)24-26)47-38(55)50-21-14-29(15-22-50)48(5)37(54)43-4/h6,10-11,17-18,23-24,28-29,32-33,51H,1,7-9,12-16,19-22,25H2,2-5H3,(H,43,54)(H,45,56)(H,46,52)(H,47,55)/t32?,33-/m1/s1. The number of hydrogen-bond acceptors (Lipinski definition) is 8. The first kappa shape index (κ1) is 45.6. The smallest absolute Gasteiger partial charge is 0.407 e. The van der Waals surface area contributed by atoms with Crippen LogP contribution in [-0.4, -0.2) is 125 Å². The van der Waals surface area contributed by atoms with E-state index in [-0.39, 0.29) is 30.2 Å². The fourth-order valence-electron chi connectivity index (χ4n) is 7.02. The molecule has 0 bridgehead atoms. The Hall–Kier alpha value is -4.13. The van der Waals surface area contributed by atoms with Gasteiger partial charge in [0.2, 0.25) is 11.8 Å². The number of aromatic hydroxyl groups is 1. The highest BCUT2D eigenvalue weighted by Gasteiger charge is 2.34. The zero-order chi connectivity index (χ0) is 41.7. The van der Waals surface area contributed by atoms with Crippen LogP contribution in [0.15, 0.2) is 53.8 Å². The molecule has 0 saturated carbocycles. The van der Waals surface area contributed by atoms with Gasteiger partial charge in [-0.15, -0.1) is 0 Å². The van der Waals surface area contributed by atoms with Gasteiger partial charge < -0.3 is 45.8 Å². The van der Waals surface area contributed by atoms with Gasteiger partial charge in [-0.05, 0) is 145 Å². The van der Waals surface area contributed by atoms with E-state index in [0.717, 1.165) is 12.8 Å². The number of nitrogens with one attached hydrogen (secondary N) is 4. The number of halogens is 2. The number of nitrogens with zero attached hydrogens (tertiary/aromatic N) is 4. The molecule has 1 unspecified atom stereocenters. The second-order valence-corrected chi connectivity index (χ2v) is 17.1. The van der Waals surface area contributed by atoms with E-state index in [1.807, 2.05) is 34.7 Å². The molecule has 1 aromatic carbocycles. The number of ether oxygens (including phenoxy) is 1. The van der Waals surface area contributed by atoms with Gasteiger partial charge >= 0.3 is 18.2 Å². The van der Waals surface area contributed by atoms with Crippen molar-refractivity contribution in [3.05, 3.63) is 68.5 Å². The molecule has 15 nitrogen and oxygen atoms in total. The van der Waals surface area contributed by atoms with Gasteiger partial charge in [-0.2, -0.15) is 0 Å². The number of amides is 7. The topological polar surface area (TPSA) is 186 Å². The minimum Gasteiger partial charge on any atom is -0.506 e. The lowest BCUT2D eigenvalue weighted by molar-refractivity contribution is -0.138. The van der Waals surface area contributed by atoms with E-state index in [1.54, 1.807) is 73.2 Å². The molecular formula is C40H56BrIN8O7. The summed E-state index contributed by atoms with van der Waals surface area (Å²) in [6.07, 6.45) is 8.63. The molecule has 2 fully saturated rings. The molecule has 312 valence electrons. The summed E-state index contributed by atoms with van der Waals surface area (Å²) >= 11 is 5.39. The van der Waals surface area contributed by atoms with Crippen LogP contribution in [0.5, 0.6) is 5.75 Å². The van der Waals surface area contributed by atoms with Crippen LogP contribution in [0.1, 0.15) is 75.8 Å². The number of rotatable bonds is 15. The minimum absolute atomic E-state index is 0.0362. The van der Waals surface area contributed by atoms with E-state index >= 15 is 0 Å². The third kappa shape index (κ3) is 13.5. The number of hydrogen-bond donors (Lipinski definition) is 5. The molecule has 2 aliphatic heterocycles. The van der Waals surface area contributed by atoms with Crippen molar-refractivity contribution in [2.75, 3.05) is 46.8 Å². The van der Waals surface area contributed by atoms with Crippen molar-refractivity contribution in [1.82, 2.24) is 41.0 Å². The molecule has 5 N–H and O–H groups in total. The lowest BCUT2D eigenvalue weighted by Crippen LogP contribution is -2.58. The van der Waals surface area contributed by atoms with Gasteiger partial charge in [-0.1, -0.05) is 6.58 Å². The lowest BCUT2D eigenvalue weighted by Gasteiger charge is -2.37. The number of carbonyl (C=O) groups excluding carboxylic acids is 5. The van der Waals surface area contributed by atoms with Crippen LogP contribution in [0.4, 0.5) is 14.4 Å². The maximum Gasteiger partial charge on any atom is 0.407 e. The molecule has 2 saturated heterocycles. The van der Waals surface area contributed by atoms with Crippen molar-refractivity contribution in [1.29, 1.82) is 0 Å². The summed E-state index contributed by atoms with van der Waals surface area (Å²) in [7, 11) is 3.31. The van der Waals surface area contributed by atoms with Crippen molar-refractivity contribution in [2.45, 2.75) is 94.9 Å². The zero-order valence-corrected chi connectivity index (χ0v) is 36.9. The summed E-state index contributed by atoms with van der Waals surface area (Å²) in [5, 5.41) is 21.7. The second-order valence-electron chi connectivity index (χ2n) is 15.1. The Morgan fingerprint density at radius 3 is 2.30 bits per heavy atom.